The van der Waals surface area contributed by atoms with E-state index in [0.717, 1.165) is 10.8 Å². The van der Waals surface area contributed by atoms with Gasteiger partial charge in [0.2, 0.25) is 5.91 Å². The summed E-state index contributed by atoms with van der Waals surface area (Å²) in [6.07, 6.45) is 0. The molecule has 0 aliphatic carbocycles. The topological polar surface area (TPSA) is 71.1 Å². The molecule has 20 heavy (non-hydrogen) atoms. The van der Waals surface area contributed by atoms with Crippen molar-refractivity contribution >= 4 is 34.2 Å². The summed E-state index contributed by atoms with van der Waals surface area (Å²) < 4.78 is 0. The average molecular weight is 292 g/mol. The number of carbonyl (C=O) groups is 2. The molecule has 104 valence electrons. The summed E-state index contributed by atoms with van der Waals surface area (Å²) in [6.45, 7) is 1.60. The molecule has 0 aliphatic rings. The van der Waals surface area contributed by atoms with Crippen LogP contribution in [0, 0.1) is 0 Å². The molecule has 1 unspecified atom stereocenters. The minimum Gasteiger partial charge on any atom is -0.357 e. The molecule has 0 bridgehead atoms. The number of amides is 2. The number of hydrogen-bond acceptors (Lipinski definition) is 3. The first-order valence-electron chi connectivity index (χ1n) is 6.10. The Hall–Kier alpha value is -2.14. The van der Waals surface area contributed by atoms with Crippen LogP contribution in [-0.2, 0) is 4.79 Å². The zero-order valence-electron chi connectivity index (χ0n) is 11.1. The molecule has 2 rings (SSSR count). The Morgan fingerprint density at radius 2 is 2.00 bits per heavy atom. The summed E-state index contributed by atoms with van der Waals surface area (Å²) >= 11 is 6.06. The molecule has 0 fully saturated rings. The summed E-state index contributed by atoms with van der Waals surface area (Å²) in [5.74, 6) is -0.709. The minimum atomic E-state index is -0.639. The van der Waals surface area contributed by atoms with Gasteiger partial charge in [0.05, 0.1) is 0 Å². The van der Waals surface area contributed by atoms with Crippen molar-refractivity contribution in [2.45, 2.75) is 13.0 Å². The molecule has 1 atom stereocenters. The molecule has 0 saturated heterocycles. The Balaban J connectivity index is 2.29. The number of hydrogen-bond donors (Lipinski definition) is 2. The van der Waals surface area contributed by atoms with Crippen LogP contribution >= 0.6 is 11.6 Å². The van der Waals surface area contributed by atoms with Gasteiger partial charge in [-0.05, 0) is 18.4 Å². The highest BCUT2D eigenvalue weighted by molar-refractivity contribution is 6.34. The number of fused-ring (bicyclic) bond motifs is 1. The molecule has 2 N–H and O–H groups in total. The molecule has 5 nitrogen and oxygen atoms in total. The molecule has 0 radical (unpaired) electrons. The van der Waals surface area contributed by atoms with Gasteiger partial charge in [0.15, 0.2) is 0 Å². The Bertz CT molecular complexity index is 673. The van der Waals surface area contributed by atoms with Crippen LogP contribution in [0.2, 0.25) is 5.15 Å². The summed E-state index contributed by atoms with van der Waals surface area (Å²) in [5, 5.41) is 6.90. The number of carbonyl (C=O) groups excluding carboxylic acids is 2. The first-order valence-corrected chi connectivity index (χ1v) is 6.48. The van der Waals surface area contributed by atoms with Crippen LogP contribution in [-0.4, -0.2) is 29.9 Å². The Morgan fingerprint density at radius 1 is 1.30 bits per heavy atom. The van der Waals surface area contributed by atoms with E-state index >= 15 is 0 Å². The van der Waals surface area contributed by atoms with Crippen LogP contribution in [0.4, 0.5) is 0 Å². The first kappa shape index (κ1) is 14.3. The lowest BCUT2D eigenvalue weighted by Gasteiger charge is -2.12. The third kappa shape index (κ3) is 2.88. The van der Waals surface area contributed by atoms with Gasteiger partial charge in [0.1, 0.15) is 16.9 Å². The predicted octanol–water partition coefficient (Wildman–Crippen LogP) is 1.75. The van der Waals surface area contributed by atoms with E-state index in [1.807, 2.05) is 24.3 Å². The number of nitrogens with zero attached hydrogens (tertiary/aromatic N) is 1. The number of benzene rings is 1. The van der Waals surface area contributed by atoms with Crippen molar-refractivity contribution < 1.29 is 9.59 Å². The fourth-order valence-corrected chi connectivity index (χ4v) is 2.09. The third-order valence-electron chi connectivity index (χ3n) is 2.91. The first-order chi connectivity index (χ1) is 9.52. The Kier molecular flexibility index (Phi) is 4.20. The standard InChI is InChI=1S/C14H14ClN3O2/c1-8(13(19)16-2)17-14(20)11-7-9-5-3-4-6-10(9)12(15)18-11/h3-8H,1-2H3,(H,16,19)(H,17,20). The average Bonchev–Trinajstić information content (AvgIpc) is 2.46. The lowest BCUT2D eigenvalue weighted by atomic mass is 10.1. The molecular formula is C14H14ClN3O2. The van der Waals surface area contributed by atoms with Crippen molar-refractivity contribution in [1.82, 2.24) is 15.6 Å². The number of nitrogens with one attached hydrogen (secondary N) is 2. The second-order valence-electron chi connectivity index (χ2n) is 4.33. The van der Waals surface area contributed by atoms with Crippen LogP contribution in [0.15, 0.2) is 30.3 Å². The van der Waals surface area contributed by atoms with Gasteiger partial charge in [-0.2, -0.15) is 0 Å². The third-order valence-corrected chi connectivity index (χ3v) is 3.20. The lowest BCUT2D eigenvalue weighted by molar-refractivity contribution is -0.122. The van der Waals surface area contributed by atoms with Crippen LogP contribution in [0.5, 0.6) is 0 Å². The zero-order chi connectivity index (χ0) is 14.7. The van der Waals surface area contributed by atoms with Crippen LogP contribution in [0.1, 0.15) is 17.4 Å². The number of halogens is 1. The van der Waals surface area contributed by atoms with Crippen molar-refractivity contribution in [3.63, 3.8) is 0 Å². The summed E-state index contributed by atoms with van der Waals surface area (Å²) in [5.41, 5.74) is 0.185. The quantitative estimate of drug-likeness (QED) is 0.847. The van der Waals surface area contributed by atoms with Gasteiger partial charge < -0.3 is 10.6 Å². The van der Waals surface area contributed by atoms with Crippen LogP contribution < -0.4 is 10.6 Å². The van der Waals surface area contributed by atoms with E-state index in [1.54, 1.807) is 13.0 Å². The van der Waals surface area contributed by atoms with E-state index < -0.39 is 11.9 Å². The maximum atomic E-state index is 12.1. The molecule has 2 aromatic rings. The molecule has 0 aliphatic heterocycles. The van der Waals surface area contributed by atoms with Gasteiger partial charge in [-0.25, -0.2) is 4.98 Å². The smallest absolute Gasteiger partial charge is 0.270 e. The Labute approximate surface area is 121 Å². The van der Waals surface area contributed by atoms with Gasteiger partial charge >= 0.3 is 0 Å². The molecule has 1 aromatic carbocycles. The monoisotopic (exact) mass is 291 g/mol. The molecule has 0 saturated carbocycles. The lowest BCUT2D eigenvalue weighted by Crippen LogP contribution is -2.43. The maximum absolute atomic E-state index is 12.1. The van der Waals surface area contributed by atoms with Crippen LogP contribution in [0.25, 0.3) is 10.8 Å². The molecular weight excluding hydrogens is 278 g/mol. The number of likely N-dealkylation sites (N-methyl/N-ethyl adjacent to an activating group) is 1. The minimum absolute atomic E-state index is 0.185. The van der Waals surface area contributed by atoms with E-state index in [0.29, 0.717) is 0 Å². The van der Waals surface area contributed by atoms with Crippen molar-refractivity contribution in [2.75, 3.05) is 7.05 Å². The van der Waals surface area contributed by atoms with E-state index in [-0.39, 0.29) is 16.8 Å². The summed E-state index contributed by atoms with van der Waals surface area (Å²) in [7, 11) is 1.51. The normalized spacial score (nSPS) is 11.9. The van der Waals surface area contributed by atoms with Crippen molar-refractivity contribution in [2.24, 2.45) is 0 Å². The molecule has 1 heterocycles. The van der Waals surface area contributed by atoms with Gasteiger partial charge in [0.25, 0.3) is 5.91 Å². The highest BCUT2D eigenvalue weighted by Crippen LogP contribution is 2.22. The van der Waals surface area contributed by atoms with Gasteiger partial charge in [-0.1, -0.05) is 35.9 Å². The summed E-state index contributed by atoms with van der Waals surface area (Å²) in [4.78, 5) is 27.5. The van der Waals surface area contributed by atoms with E-state index in [9.17, 15) is 9.59 Å². The molecule has 2 amide bonds. The van der Waals surface area contributed by atoms with Crippen molar-refractivity contribution in [3.05, 3.63) is 41.2 Å². The fraction of sp³-hybridized carbons (Fsp3) is 0.214. The fourth-order valence-electron chi connectivity index (χ4n) is 1.83. The van der Waals surface area contributed by atoms with E-state index in [2.05, 4.69) is 15.6 Å². The second kappa shape index (κ2) is 5.88. The van der Waals surface area contributed by atoms with Crippen LogP contribution in [0.3, 0.4) is 0 Å². The number of pyridine rings is 1. The van der Waals surface area contributed by atoms with Gasteiger partial charge in [-0.15, -0.1) is 0 Å². The highest BCUT2D eigenvalue weighted by atomic mass is 35.5. The number of rotatable bonds is 3. The maximum Gasteiger partial charge on any atom is 0.270 e. The van der Waals surface area contributed by atoms with E-state index in [4.69, 9.17) is 11.6 Å². The second-order valence-corrected chi connectivity index (χ2v) is 4.69. The summed E-state index contributed by atoms with van der Waals surface area (Å²) in [6, 6.07) is 8.39. The molecule has 6 heteroatoms. The van der Waals surface area contributed by atoms with E-state index in [1.165, 1.54) is 7.05 Å². The van der Waals surface area contributed by atoms with Crippen molar-refractivity contribution in [3.8, 4) is 0 Å². The largest absolute Gasteiger partial charge is 0.357 e. The number of aromatic nitrogens is 1. The van der Waals surface area contributed by atoms with Gasteiger partial charge in [0, 0.05) is 12.4 Å². The predicted molar refractivity (Wildman–Crippen MR) is 77.7 cm³/mol. The highest BCUT2D eigenvalue weighted by Gasteiger charge is 2.17. The SMILES string of the molecule is CNC(=O)C(C)NC(=O)c1cc2ccccc2c(Cl)n1. The van der Waals surface area contributed by atoms with Gasteiger partial charge in [-0.3, -0.25) is 9.59 Å². The zero-order valence-corrected chi connectivity index (χ0v) is 11.9. The Morgan fingerprint density at radius 3 is 2.70 bits per heavy atom. The molecule has 1 aromatic heterocycles. The molecule has 0 spiro atoms. The van der Waals surface area contributed by atoms with Crippen molar-refractivity contribution in [1.29, 1.82) is 0 Å².